The summed E-state index contributed by atoms with van der Waals surface area (Å²) in [4.78, 5) is 25.8. The Balaban J connectivity index is 1.87. The minimum atomic E-state index is -0.152. The fourth-order valence-corrected chi connectivity index (χ4v) is 4.48. The summed E-state index contributed by atoms with van der Waals surface area (Å²) in [6, 6.07) is 7.43. The van der Waals surface area contributed by atoms with Crippen LogP contribution in [0.3, 0.4) is 0 Å². The van der Waals surface area contributed by atoms with Crippen LogP contribution in [0.4, 0.5) is 0 Å². The van der Waals surface area contributed by atoms with Crippen LogP contribution >= 0.6 is 11.8 Å². The van der Waals surface area contributed by atoms with Gasteiger partial charge in [-0.05, 0) is 37.5 Å². The Morgan fingerprint density at radius 1 is 1.34 bits per heavy atom. The van der Waals surface area contributed by atoms with Crippen LogP contribution in [0.5, 0.6) is 0 Å². The Bertz CT molecular complexity index is 1170. The summed E-state index contributed by atoms with van der Waals surface area (Å²) in [6.45, 7) is 2.51. The minimum Gasteiger partial charge on any atom is -0.349 e. The molecule has 0 unspecified atom stereocenters. The van der Waals surface area contributed by atoms with Crippen molar-refractivity contribution in [3.63, 3.8) is 0 Å². The molecule has 1 fully saturated rings. The molecule has 0 aliphatic heterocycles. The standard InChI is InChI=1S/C20H22N6O2S/c1-2-10-25-18(28)15-8-7-13(17(27)22-14-5-3-4-6-14)12-16(15)26-19(25)23-24-20(26)29-11-9-21/h7-8,12,14H,2-6,10-11H2,1H3,(H,22,27). The third kappa shape index (κ3) is 3.60. The van der Waals surface area contributed by atoms with Gasteiger partial charge in [0.15, 0.2) is 5.16 Å². The zero-order valence-electron chi connectivity index (χ0n) is 16.2. The summed E-state index contributed by atoms with van der Waals surface area (Å²) in [5.74, 6) is 0.513. The van der Waals surface area contributed by atoms with Crippen molar-refractivity contribution < 1.29 is 4.79 Å². The number of fused-ring (bicyclic) bond motifs is 3. The number of amides is 1. The highest BCUT2D eigenvalue weighted by atomic mass is 32.2. The predicted octanol–water partition coefficient (Wildman–Crippen LogP) is 2.74. The first kappa shape index (κ1) is 19.5. The Morgan fingerprint density at radius 2 is 2.14 bits per heavy atom. The van der Waals surface area contributed by atoms with Crippen LogP contribution in [0.1, 0.15) is 49.4 Å². The fourth-order valence-electron chi connectivity index (χ4n) is 3.88. The lowest BCUT2D eigenvalue weighted by Crippen LogP contribution is -2.32. The number of aryl methyl sites for hydroxylation is 1. The zero-order valence-corrected chi connectivity index (χ0v) is 17.0. The number of carbonyl (C=O) groups is 1. The van der Waals surface area contributed by atoms with Gasteiger partial charge in [-0.1, -0.05) is 31.5 Å². The van der Waals surface area contributed by atoms with Crippen molar-refractivity contribution in [2.24, 2.45) is 0 Å². The van der Waals surface area contributed by atoms with E-state index in [-0.39, 0.29) is 23.3 Å². The van der Waals surface area contributed by atoms with E-state index in [9.17, 15) is 9.59 Å². The number of nitriles is 1. The highest BCUT2D eigenvalue weighted by Gasteiger charge is 2.21. The average molecular weight is 411 g/mol. The number of hydrogen-bond donors (Lipinski definition) is 1. The van der Waals surface area contributed by atoms with Crippen molar-refractivity contribution in [1.29, 1.82) is 5.26 Å². The molecule has 9 heteroatoms. The third-order valence-electron chi connectivity index (χ3n) is 5.24. The maximum absolute atomic E-state index is 13.0. The number of nitrogens with one attached hydrogen (secondary N) is 1. The van der Waals surface area contributed by atoms with E-state index in [2.05, 4.69) is 21.6 Å². The number of aromatic nitrogens is 4. The highest BCUT2D eigenvalue weighted by Crippen LogP contribution is 2.23. The molecule has 0 atom stereocenters. The van der Waals surface area contributed by atoms with Gasteiger partial charge in [0.2, 0.25) is 5.78 Å². The summed E-state index contributed by atoms with van der Waals surface area (Å²) in [5.41, 5.74) is 0.937. The molecule has 1 aliphatic carbocycles. The molecule has 1 N–H and O–H groups in total. The number of nitrogens with zero attached hydrogens (tertiary/aromatic N) is 5. The van der Waals surface area contributed by atoms with Gasteiger partial charge in [-0.2, -0.15) is 5.26 Å². The maximum atomic E-state index is 13.0. The molecule has 0 radical (unpaired) electrons. The normalized spacial score (nSPS) is 14.5. The number of rotatable bonds is 6. The van der Waals surface area contributed by atoms with E-state index in [0.29, 0.717) is 33.9 Å². The number of carbonyl (C=O) groups excluding carboxylic acids is 1. The van der Waals surface area contributed by atoms with Crippen LogP contribution in [0.2, 0.25) is 0 Å². The number of thioether (sulfide) groups is 1. The monoisotopic (exact) mass is 410 g/mol. The van der Waals surface area contributed by atoms with Crippen LogP contribution < -0.4 is 10.9 Å². The van der Waals surface area contributed by atoms with Gasteiger partial charge >= 0.3 is 0 Å². The van der Waals surface area contributed by atoms with Crippen molar-refractivity contribution in [3.05, 3.63) is 34.1 Å². The van der Waals surface area contributed by atoms with Crippen LogP contribution in [0.15, 0.2) is 28.2 Å². The molecular weight excluding hydrogens is 388 g/mol. The molecule has 8 nitrogen and oxygen atoms in total. The predicted molar refractivity (Wildman–Crippen MR) is 111 cm³/mol. The zero-order chi connectivity index (χ0) is 20.4. The van der Waals surface area contributed by atoms with E-state index in [0.717, 1.165) is 32.1 Å². The molecular formula is C20H22N6O2S. The van der Waals surface area contributed by atoms with Crippen molar-refractivity contribution in [3.8, 4) is 6.07 Å². The van der Waals surface area contributed by atoms with Gasteiger partial charge in [-0.3, -0.25) is 18.6 Å². The molecule has 0 bridgehead atoms. The minimum absolute atomic E-state index is 0.135. The van der Waals surface area contributed by atoms with Gasteiger partial charge in [0.25, 0.3) is 11.5 Å². The molecule has 1 amide bonds. The fraction of sp³-hybridized carbons (Fsp3) is 0.450. The summed E-state index contributed by atoms with van der Waals surface area (Å²) in [6.07, 6.45) is 5.06. The summed E-state index contributed by atoms with van der Waals surface area (Å²) in [7, 11) is 0. The molecule has 2 heterocycles. The lowest BCUT2D eigenvalue weighted by molar-refractivity contribution is 0.0938. The molecule has 1 aliphatic rings. The second-order valence-corrected chi connectivity index (χ2v) is 8.15. The van der Waals surface area contributed by atoms with E-state index in [1.165, 1.54) is 11.8 Å². The van der Waals surface area contributed by atoms with E-state index < -0.39 is 0 Å². The Hall–Kier alpha value is -2.86. The van der Waals surface area contributed by atoms with Crippen LogP contribution in [0, 0.1) is 11.3 Å². The molecule has 150 valence electrons. The number of benzene rings is 1. The number of hydrogen-bond acceptors (Lipinski definition) is 6. The lowest BCUT2D eigenvalue weighted by Gasteiger charge is -2.14. The Labute approximate surface area is 171 Å². The van der Waals surface area contributed by atoms with Crippen molar-refractivity contribution in [2.45, 2.75) is 56.8 Å². The van der Waals surface area contributed by atoms with E-state index in [1.807, 2.05) is 6.92 Å². The van der Waals surface area contributed by atoms with Crippen LogP contribution in [-0.2, 0) is 6.54 Å². The van der Waals surface area contributed by atoms with E-state index in [1.54, 1.807) is 27.2 Å². The largest absolute Gasteiger partial charge is 0.349 e. The van der Waals surface area contributed by atoms with Gasteiger partial charge in [-0.25, -0.2) is 0 Å². The molecule has 1 saturated carbocycles. The van der Waals surface area contributed by atoms with Gasteiger partial charge in [0, 0.05) is 18.2 Å². The summed E-state index contributed by atoms with van der Waals surface area (Å²) in [5, 5.41) is 21.5. The first-order valence-electron chi connectivity index (χ1n) is 9.86. The second kappa shape index (κ2) is 8.25. The molecule has 0 spiro atoms. The molecule has 3 aromatic rings. The maximum Gasteiger partial charge on any atom is 0.262 e. The van der Waals surface area contributed by atoms with Crippen LogP contribution in [-0.4, -0.2) is 36.9 Å². The molecule has 4 rings (SSSR count). The van der Waals surface area contributed by atoms with Gasteiger partial charge in [0.1, 0.15) is 0 Å². The molecule has 29 heavy (non-hydrogen) atoms. The second-order valence-electron chi connectivity index (χ2n) is 7.21. The smallest absolute Gasteiger partial charge is 0.262 e. The van der Waals surface area contributed by atoms with Gasteiger partial charge in [-0.15, -0.1) is 10.2 Å². The lowest BCUT2D eigenvalue weighted by atomic mass is 10.1. The first-order valence-corrected chi connectivity index (χ1v) is 10.8. The van der Waals surface area contributed by atoms with Gasteiger partial charge < -0.3 is 5.32 Å². The van der Waals surface area contributed by atoms with E-state index >= 15 is 0 Å². The van der Waals surface area contributed by atoms with Gasteiger partial charge in [0.05, 0.1) is 22.7 Å². The summed E-state index contributed by atoms with van der Waals surface area (Å²) < 4.78 is 3.38. The highest BCUT2D eigenvalue weighted by molar-refractivity contribution is 7.99. The van der Waals surface area contributed by atoms with Crippen LogP contribution in [0.25, 0.3) is 16.7 Å². The first-order chi connectivity index (χ1) is 14.1. The third-order valence-corrected chi connectivity index (χ3v) is 6.03. The quantitative estimate of drug-likeness (QED) is 0.627. The topological polar surface area (TPSA) is 105 Å². The Kier molecular flexibility index (Phi) is 5.53. The summed E-state index contributed by atoms with van der Waals surface area (Å²) >= 11 is 1.26. The van der Waals surface area contributed by atoms with E-state index in [4.69, 9.17) is 5.26 Å². The van der Waals surface area contributed by atoms with Crippen molar-refractivity contribution >= 4 is 34.3 Å². The molecule has 2 aromatic heterocycles. The average Bonchev–Trinajstić information content (AvgIpc) is 3.39. The molecule has 1 aromatic carbocycles. The van der Waals surface area contributed by atoms with Crippen molar-refractivity contribution in [1.82, 2.24) is 24.5 Å². The molecule has 0 saturated heterocycles. The SMILES string of the molecule is CCCn1c(=O)c2ccc(C(=O)NC3CCCC3)cc2n2c(SCC#N)nnc12. The van der Waals surface area contributed by atoms with Crippen molar-refractivity contribution in [2.75, 3.05) is 5.75 Å². The Morgan fingerprint density at radius 3 is 2.86 bits per heavy atom.